The van der Waals surface area contributed by atoms with E-state index in [0.29, 0.717) is 17.6 Å². The first-order valence-electron chi connectivity index (χ1n) is 9.05. The monoisotopic (exact) mass is 385 g/mol. The molecule has 5 nitrogen and oxygen atoms in total. The molecule has 2 rings (SSSR count). The Labute approximate surface area is 166 Å². The second kappa shape index (κ2) is 10.5. The smallest absolute Gasteiger partial charge is 0.276 e. The van der Waals surface area contributed by atoms with Crippen LogP contribution in [-0.4, -0.2) is 24.2 Å². The minimum atomic E-state index is -0.293. The highest BCUT2D eigenvalue weighted by atomic mass is 32.1. The van der Waals surface area contributed by atoms with Gasteiger partial charge in [0.1, 0.15) is 5.75 Å². The van der Waals surface area contributed by atoms with Crippen LogP contribution < -0.4 is 20.9 Å². The van der Waals surface area contributed by atoms with Gasteiger partial charge in [-0.15, -0.1) is 0 Å². The molecule has 0 aliphatic carbocycles. The normalized spacial score (nSPS) is 10.4. The molecule has 3 N–H and O–H groups in total. The van der Waals surface area contributed by atoms with Crippen LogP contribution in [0.25, 0.3) is 0 Å². The van der Waals surface area contributed by atoms with E-state index >= 15 is 0 Å². The van der Waals surface area contributed by atoms with Gasteiger partial charge in [-0.2, -0.15) is 0 Å². The van der Waals surface area contributed by atoms with E-state index in [0.717, 1.165) is 23.3 Å². The van der Waals surface area contributed by atoms with Gasteiger partial charge in [0, 0.05) is 6.54 Å². The first-order chi connectivity index (χ1) is 13.0. The molecule has 2 aromatic carbocycles. The molecule has 0 heterocycles. The molecule has 0 saturated heterocycles. The van der Waals surface area contributed by atoms with Crippen LogP contribution in [0.1, 0.15) is 36.5 Å². The van der Waals surface area contributed by atoms with Crippen molar-refractivity contribution in [3.8, 4) is 5.75 Å². The number of aryl methyl sites for hydroxylation is 1. The molecule has 0 radical (unpaired) electrons. The van der Waals surface area contributed by atoms with Gasteiger partial charge in [0.25, 0.3) is 5.91 Å². The molecule has 0 bridgehead atoms. The third-order valence-electron chi connectivity index (χ3n) is 4.01. The fourth-order valence-corrected chi connectivity index (χ4v) is 2.71. The third-order valence-corrected chi connectivity index (χ3v) is 4.25. The number of rotatable bonds is 7. The summed E-state index contributed by atoms with van der Waals surface area (Å²) in [5.41, 5.74) is 8.64. The van der Waals surface area contributed by atoms with E-state index in [9.17, 15) is 4.79 Å². The molecule has 0 unspecified atom stereocenters. The number of ether oxygens (including phenoxy) is 1. The maximum atomic E-state index is 12.0. The molecule has 2 aromatic rings. The Hall–Kier alpha value is -2.60. The Morgan fingerprint density at radius 3 is 2.56 bits per heavy atom. The Bertz CT molecular complexity index is 763. The van der Waals surface area contributed by atoms with Gasteiger partial charge in [0.05, 0.1) is 0 Å². The van der Waals surface area contributed by atoms with Crippen LogP contribution in [-0.2, 0) is 11.2 Å². The summed E-state index contributed by atoms with van der Waals surface area (Å²) in [4.78, 5) is 12.0. The van der Waals surface area contributed by atoms with Crippen LogP contribution in [0, 0.1) is 6.92 Å². The molecule has 0 aliphatic rings. The van der Waals surface area contributed by atoms with Crippen LogP contribution >= 0.6 is 12.2 Å². The highest BCUT2D eigenvalue weighted by Gasteiger charge is 2.10. The lowest BCUT2D eigenvalue weighted by molar-refractivity contribution is -0.123. The molecular formula is C21H27N3O2S. The van der Waals surface area contributed by atoms with Crippen molar-refractivity contribution in [3.63, 3.8) is 0 Å². The summed E-state index contributed by atoms with van der Waals surface area (Å²) < 4.78 is 5.70. The Morgan fingerprint density at radius 2 is 1.85 bits per heavy atom. The minimum Gasteiger partial charge on any atom is -0.483 e. The molecule has 1 amide bonds. The maximum absolute atomic E-state index is 12.0. The summed E-state index contributed by atoms with van der Waals surface area (Å²) in [6.45, 7) is 6.79. The van der Waals surface area contributed by atoms with Gasteiger partial charge in [-0.05, 0) is 54.2 Å². The Balaban J connectivity index is 1.70. The SMILES string of the molecule is Cc1ccc(C(C)C)c(OCC(=O)NNC(=S)NCCc2ccccc2)c1. The lowest BCUT2D eigenvalue weighted by Gasteiger charge is -2.15. The van der Waals surface area contributed by atoms with Crippen molar-refractivity contribution >= 4 is 23.2 Å². The molecule has 0 atom stereocenters. The van der Waals surface area contributed by atoms with Gasteiger partial charge in [0.2, 0.25) is 0 Å². The summed E-state index contributed by atoms with van der Waals surface area (Å²) in [5.74, 6) is 0.769. The van der Waals surface area contributed by atoms with E-state index in [1.54, 1.807) is 0 Å². The van der Waals surface area contributed by atoms with E-state index in [2.05, 4.69) is 42.1 Å². The van der Waals surface area contributed by atoms with E-state index in [-0.39, 0.29) is 12.5 Å². The molecule has 0 saturated carbocycles. The first kappa shape index (κ1) is 20.7. The molecule has 6 heteroatoms. The lowest BCUT2D eigenvalue weighted by Crippen LogP contribution is -2.48. The number of hydrogen-bond acceptors (Lipinski definition) is 3. The number of nitrogens with one attached hydrogen (secondary N) is 3. The highest BCUT2D eigenvalue weighted by molar-refractivity contribution is 7.80. The van der Waals surface area contributed by atoms with E-state index in [1.807, 2.05) is 43.3 Å². The largest absolute Gasteiger partial charge is 0.483 e. The summed E-state index contributed by atoms with van der Waals surface area (Å²) in [7, 11) is 0. The molecular weight excluding hydrogens is 358 g/mol. The van der Waals surface area contributed by atoms with Crippen molar-refractivity contribution in [2.24, 2.45) is 0 Å². The van der Waals surface area contributed by atoms with E-state index in [4.69, 9.17) is 17.0 Å². The molecule has 0 aromatic heterocycles. The first-order valence-corrected chi connectivity index (χ1v) is 9.46. The van der Waals surface area contributed by atoms with Gasteiger partial charge in [-0.1, -0.05) is 56.3 Å². The second-order valence-electron chi connectivity index (χ2n) is 6.65. The summed E-state index contributed by atoms with van der Waals surface area (Å²) >= 11 is 5.16. The predicted molar refractivity (Wildman–Crippen MR) is 113 cm³/mol. The minimum absolute atomic E-state index is 0.0806. The average molecular weight is 386 g/mol. The second-order valence-corrected chi connectivity index (χ2v) is 7.06. The van der Waals surface area contributed by atoms with Crippen molar-refractivity contribution in [2.75, 3.05) is 13.2 Å². The number of carbonyl (C=O) groups excluding carboxylic acids is 1. The standard InChI is InChI=1S/C21H27N3O2S/c1-15(2)18-10-9-16(3)13-19(18)26-14-20(25)23-24-21(27)22-12-11-17-7-5-4-6-8-17/h4-10,13,15H,11-12,14H2,1-3H3,(H,23,25)(H2,22,24,27). The summed E-state index contributed by atoms with van der Waals surface area (Å²) in [5, 5.41) is 3.43. The molecule has 0 aliphatic heterocycles. The van der Waals surface area contributed by atoms with Gasteiger partial charge >= 0.3 is 0 Å². The van der Waals surface area contributed by atoms with Crippen LogP contribution in [0.2, 0.25) is 0 Å². The maximum Gasteiger partial charge on any atom is 0.276 e. The topological polar surface area (TPSA) is 62.4 Å². The fraction of sp³-hybridized carbons (Fsp3) is 0.333. The third kappa shape index (κ3) is 7.27. The van der Waals surface area contributed by atoms with Crippen molar-refractivity contribution in [1.29, 1.82) is 0 Å². The van der Waals surface area contributed by atoms with Gasteiger partial charge in [-0.3, -0.25) is 15.6 Å². The van der Waals surface area contributed by atoms with Crippen LogP contribution in [0.3, 0.4) is 0 Å². The lowest BCUT2D eigenvalue weighted by atomic mass is 10.0. The Morgan fingerprint density at radius 1 is 1.11 bits per heavy atom. The number of benzene rings is 2. The van der Waals surface area contributed by atoms with Crippen molar-refractivity contribution in [2.45, 2.75) is 33.1 Å². The molecule has 0 fully saturated rings. The molecule has 144 valence electrons. The molecule has 27 heavy (non-hydrogen) atoms. The number of hydrazine groups is 1. The zero-order chi connectivity index (χ0) is 19.6. The quantitative estimate of drug-likeness (QED) is 0.505. The number of thiocarbonyl (C=S) groups is 1. The summed E-state index contributed by atoms with van der Waals surface area (Å²) in [6.07, 6.45) is 0.852. The van der Waals surface area contributed by atoms with Crippen LogP contribution in [0.5, 0.6) is 5.75 Å². The number of amides is 1. The zero-order valence-electron chi connectivity index (χ0n) is 16.0. The number of carbonyl (C=O) groups is 1. The van der Waals surface area contributed by atoms with Crippen molar-refractivity contribution < 1.29 is 9.53 Å². The predicted octanol–water partition coefficient (Wildman–Crippen LogP) is 3.24. The van der Waals surface area contributed by atoms with E-state index < -0.39 is 0 Å². The molecule has 0 spiro atoms. The van der Waals surface area contributed by atoms with Crippen LogP contribution in [0.15, 0.2) is 48.5 Å². The summed E-state index contributed by atoms with van der Waals surface area (Å²) in [6, 6.07) is 16.2. The average Bonchev–Trinajstić information content (AvgIpc) is 2.65. The fourth-order valence-electron chi connectivity index (χ4n) is 2.56. The Kier molecular flexibility index (Phi) is 8.07. The zero-order valence-corrected chi connectivity index (χ0v) is 16.9. The van der Waals surface area contributed by atoms with Crippen molar-refractivity contribution in [1.82, 2.24) is 16.2 Å². The van der Waals surface area contributed by atoms with Gasteiger partial charge in [0.15, 0.2) is 11.7 Å². The van der Waals surface area contributed by atoms with Crippen LogP contribution in [0.4, 0.5) is 0 Å². The van der Waals surface area contributed by atoms with E-state index in [1.165, 1.54) is 5.56 Å². The highest BCUT2D eigenvalue weighted by Crippen LogP contribution is 2.27. The van der Waals surface area contributed by atoms with Crippen molar-refractivity contribution in [3.05, 3.63) is 65.2 Å². The van der Waals surface area contributed by atoms with Gasteiger partial charge in [-0.25, -0.2) is 0 Å². The number of hydrogen-bond donors (Lipinski definition) is 3. The van der Waals surface area contributed by atoms with Gasteiger partial charge < -0.3 is 10.1 Å².